The van der Waals surface area contributed by atoms with Crippen LogP contribution >= 0.6 is 11.8 Å². The summed E-state index contributed by atoms with van der Waals surface area (Å²) in [5.74, 6) is 0.309. The Kier molecular flexibility index (Phi) is 7.14. The van der Waals surface area contributed by atoms with Crippen molar-refractivity contribution in [2.75, 3.05) is 19.8 Å². The van der Waals surface area contributed by atoms with Crippen LogP contribution in [0.5, 0.6) is 17.2 Å². The molecule has 0 radical (unpaired) electrons. The third kappa shape index (κ3) is 4.83. The van der Waals surface area contributed by atoms with Gasteiger partial charge < -0.3 is 40.1 Å². The molecule has 0 saturated carbocycles. The summed E-state index contributed by atoms with van der Waals surface area (Å²) in [7, 11) is 0. The molecule has 2 aliphatic heterocycles. The third-order valence-corrected chi connectivity index (χ3v) is 7.48. The van der Waals surface area contributed by atoms with Crippen LogP contribution in [0.1, 0.15) is 28.4 Å². The van der Waals surface area contributed by atoms with E-state index in [2.05, 4.69) is 0 Å². The number of aliphatic hydroxyl groups is 4. The van der Waals surface area contributed by atoms with E-state index in [0.717, 1.165) is 29.5 Å². The van der Waals surface area contributed by atoms with E-state index in [0.29, 0.717) is 25.2 Å². The topological polar surface area (TPSA) is 140 Å². The van der Waals surface area contributed by atoms with Crippen LogP contribution in [0, 0.1) is 0 Å². The van der Waals surface area contributed by atoms with E-state index in [4.69, 9.17) is 9.47 Å². The van der Waals surface area contributed by atoms with E-state index >= 15 is 0 Å². The summed E-state index contributed by atoms with van der Waals surface area (Å²) < 4.78 is 11.2. The quantitative estimate of drug-likeness (QED) is 0.371. The molecule has 2 aromatic rings. The van der Waals surface area contributed by atoms with Gasteiger partial charge in [0.1, 0.15) is 29.5 Å². The van der Waals surface area contributed by atoms with Crippen LogP contribution in [-0.4, -0.2) is 80.1 Å². The van der Waals surface area contributed by atoms with E-state index in [1.165, 1.54) is 12.1 Å². The van der Waals surface area contributed by atoms with Crippen molar-refractivity contribution in [2.45, 2.75) is 47.8 Å². The minimum absolute atomic E-state index is 0.0678. The van der Waals surface area contributed by atoms with Crippen molar-refractivity contribution in [3.63, 3.8) is 0 Å². The molecule has 0 aliphatic carbocycles. The van der Waals surface area contributed by atoms with Crippen molar-refractivity contribution >= 4 is 11.8 Å². The van der Waals surface area contributed by atoms with Gasteiger partial charge in [-0.15, -0.1) is 11.8 Å². The van der Waals surface area contributed by atoms with Crippen LogP contribution in [0.2, 0.25) is 0 Å². The second-order valence-corrected chi connectivity index (χ2v) is 9.61. The maximum atomic E-state index is 10.6. The summed E-state index contributed by atoms with van der Waals surface area (Å²) in [4.78, 5) is 0. The first-order valence-corrected chi connectivity index (χ1v) is 11.5. The molecule has 174 valence electrons. The van der Waals surface area contributed by atoms with Gasteiger partial charge in [0, 0.05) is 6.42 Å². The first-order chi connectivity index (χ1) is 15.4. The standard InChI is InChI=1S/C23H28O8S/c24-10-18-20(27)21(28)22(29)23(32-18)19-16(25)8-13(9-17(19)26)7-12-1-3-14(4-2-12)31-15-5-6-30-11-15/h1-4,8-9,15,18,20-29H,5-7,10-11H2/t15?,18?,20?,21?,22?,23-/m1/s1. The maximum Gasteiger partial charge on any atom is 0.124 e. The lowest BCUT2D eigenvalue weighted by Crippen LogP contribution is -2.51. The van der Waals surface area contributed by atoms with Gasteiger partial charge in [0.05, 0.1) is 48.1 Å². The predicted molar refractivity (Wildman–Crippen MR) is 118 cm³/mol. The molecule has 0 aromatic heterocycles. The van der Waals surface area contributed by atoms with Crippen molar-refractivity contribution in [3.05, 3.63) is 53.1 Å². The maximum absolute atomic E-state index is 10.6. The lowest BCUT2D eigenvalue weighted by molar-refractivity contribution is -0.0703. The molecule has 0 spiro atoms. The average molecular weight is 465 g/mol. The van der Waals surface area contributed by atoms with Gasteiger partial charge in [-0.1, -0.05) is 12.1 Å². The predicted octanol–water partition coefficient (Wildman–Crippen LogP) is 1.09. The number of phenolic OH excluding ortho intramolecular Hbond substituents is 2. The smallest absolute Gasteiger partial charge is 0.124 e. The van der Waals surface area contributed by atoms with Crippen molar-refractivity contribution in [3.8, 4) is 17.2 Å². The van der Waals surface area contributed by atoms with Crippen LogP contribution in [-0.2, 0) is 11.2 Å². The number of rotatable bonds is 6. The molecule has 6 atom stereocenters. The van der Waals surface area contributed by atoms with Crippen molar-refractivity contribution in [1.29, 1.82) is 0 Å². The number of ether oxygens (including phenoxy) is 2. The Morgan fingerprint density at radius 1 is 0.938 bits per heavy atom. The Balaban J connectivity index is 1.49. The van der Waals surface area contributed by atoms with E-state index in [9.17, 15) is 30.6 Å². The largest absolute Gasteiger partial charge is 0.507 e. The summed E-state index contributed by atoms with van der Waals surface area (Å²) in [6, 6.07) is 10.6. The lowest BCUT2D eigenvalue weighted by atomic mass is 9.94. The highest BCUT2D eigenvalue weighted by Crippen LogP contribution is 2.49. The molecular formula is C23H28O8S. The van der Waals surface area contributed by atoms with Gasteiger partial charge in [0.15, 0.2) is 0 Å². The number of hydrogen-bond acceptors (Lipinski definition) is 9. The summed E-state index contributed by atoms with van der Waals surface area (Å²) in [6.07, 6.45) is -2.84. The summed E-state index contributed by atoms with van der Waals surface area (Å²) in [6.45, 7) is 0.886. The van der Waals surface area contributed by atoms with E-state index < -0.39 is 35.4 Å². The highest BCUT2D eigenvalue weighted by Gasteiger charge is 2.45. The zero-order valence-corrected chi connectivity index (χ0v) is 18.2. The van der Waals surface area contributed by atoms with Gasteiger partial charge in [-0.25, -0.2) is 0 Å². The molecule has 8 nitrogen and oxygen atoms in total. The van der Waals surface area contributed by atoms with Crippen LogP contribution < -0.4 is 4.74 Å². The summed E-state index contributed by atoms with van der Waals surface area (Å²) in [5, 5.41) is 59.5. The molecule has 2 saturated heterocycles. The highest BCUT2D eigenvalue weighted by atomic mass is 32.2. The van der Waals surface area contributed by atoms with Crippen LogP contribution in [0.3, 0.4) is 0 Å². The molecule has 5 unspecified atom stereocenters. The summed E-state index contributed by atoms with van der Waals surface area (Å²) >= 11 is 1.00. The van der Waals surface area contributed by atoms with Crippen molar-refractivity contribution in [2.24, 2.45) is 0 Å². The Bertz CT molecular complexity index is 890. The molecule has 2 aliphatic rings. The van der Waals surface area contributed by atoms with E-state index in [-0.39, 0.29) is 23.2 Å². The second kappa shape index (κ2) is 9.86. The normalized spacial score (nSPS) is 30.4. The van der Waals surface area contributed by atoms with Crippen molar-refractivity contribution in [1.82, 2.24) is 0 Å². The average Bonchev–Trinajstić information content (AvgIpc) is 3.28. The molecule has 32 heavy (non-hydrogen) atoms. The fraction of sp³-hybridized carbons (Fsp3) is 0.478. The number of hydrogen-bond donors (Lipinski definition) is 6. The zero-order chi connectivity index (χ0) is 22.8. The number of aromatic hydroxyl groups is 2. The lowest BCUT2D eigenvalue weighted by Gasteiger charge is -2.39. The van der Waals surface area contributed by atoms with Gasteiger partial charge in [-0.2, -0.15) is 0 Å². The molecule has 9 heteroatoms. The number of aliphatic hydroxyl groups excluding tert-OH is 4. The van der Waals surface area contributed by atoms with Gasteiger partial charge >= 0.3 is 0 Å². The first-order valence-electron chi connectivity index (χ1n) is 10.6. The van der Waals surface area contributed by atoms with Gasteiger partial charge in [-0.05, 0) is 41.8 Å². The van der Waals surface area contributed by atoms with Gasteiger partial charge in [0.25, 0.3) is 0 Å². The molecule has 2 aromatic carbocycles. The Hall–Kier alpha value is -2.01. The minimum atomic E-state index is -1.51. The number of benzene rings is 2. The van der Waals surface area contributed by atoms with Crippen LogP contribution in [0.25, 0.3) is 0 Å². The van der Waals surface area contributed by atoms with Gasteiger partial charge in [-0.3, -0.25) is 0 Å². The minimum Gasteiger partial charge on any atom is -0.507 e. The molecule has 2 heterocycles. The molecular weight excluding hydrogens is 436 g/mol. The van der Waals surface area contributed by atoms with Crippen LogP contribution in [0.15, 0.2) is 36.4 Å². The Morgan fingerprint density at radius 2 is 1.62 bits per heavy atom. The molecule has 0 bridgehead atoms. The zero-order valence-electron chi connectivity index (χ0n) is 17.4. The Morgan fingerprint density at radius 3 is 2.22 bits per heavy atom. The molecule has 4 rings (SSSR count). The third-order valence-electron chi connectivity index (χ3n) is 5.90. The highest BCUT2D eigenvalue weighted by molar-refractivity contribution is 8.00. The van der Waals surface area contributed by atoms with Gasteiger partial charge in [0.2, 0.25) is 0 Å². The van der Waals surface area contributed by atoms with E-state index in [1.807, 2.05) is 24.3 Å². The summed E-state index contributed by atoms with van der Waals surface area (Å²) in [5.41, 5.74) is 1.69. The van der Waals surface area contributed by atoms with Crippen molar-refractivity contribution < 1.29 is 40.1 Å². The number of phenols is 2. The first kappa shape index (κ1) is 23.2. The SMILES string of the molecule is OCC1S[C@H](c2c(O)cc(Cc3ccc(OC4CCOC4)cc3)cc2O)C(O)C(O)C1O. The van der Waals surface area contributed by atoms with Crippen LogP contribution in [0.4, 0.5) is 0 Å². The van der Waals surface area contributed by atoms with E-state index in [1.54, 1.807) is 0 Å². The fourth-order valence-electron chi connectivity index (χ4n) is 4.13. The molecule has 0 amide bonds. The monoisotopic (exact) mass is 464 g/mol. The second-order valence-electron chi connectivity index (χ2n) is 8.22. The Labute approximate surface area is 190 Å². The fourth-order valence-corrected chi connectivity index (χ4v) is 5.62. The number of thioether (sulfide) groups is 1. The molecule has 2 fully saturated rings. The molecule has 6 N–H and O–H groups in total.